The Morgan fingerprint density at radius 3 is 1.92 bits per heavy atom. The maximum atomic E-state index is 10.0. The van der Waals surface area contributed by atoms with Gasteiger partial charge in [-0.05, 0) is 0 Å². The summed E-state index contributed by atoms with van der Waals surface area (Å²) in [6.45, 7) is -2.08. The zero-order valence-corrected chi connectivity index (χ0v) is 7.14. The van der Waals surface area contributed by atoms with Crippen LogP contribution in [-0.4, -0.2) is 59.4 Å². The largest absolute Gasteiger partial charge is 0.480 e. The Bertz CT molecular complexity index is 145. The Hall–Kier alpha value is -0.690. The third-order valence-electron chi connectivity index (χ3n) is 1.64. The summed E-state index contributed by atoms with van der Waals surface area (Å²) in [7, 11) is 0. The van der Waals surface area contributed by atoms with Gasteiger partial charge in [0.1, 0.15) is 6.61 Å². The standard InChI is InChI=1S/C7H14O6/c8-2-7(3-9,4-10)5-13-1-6(11)12/h8-10H,1-5H2,(H,11,12). The highest BCUT2D eigenvalue weighted by Crippen LogP contribution is 2.14. The second-order valence-corrected chi connectivity index (χ2v) is 2.86. The van der Waals surface area contributed by atoms with E-state index in [2.05, 4.69) is 4.74 Å². The monoisotopic (exact) mass is 194 g/mol. The van der Waals surface area contributed by atoms with Gasteiger partial charge < -0.3 is 25.2 Å². The van der Waals surface area contributed by atoms with Crippen LogP contribution in [0.5, 0.6) is 0 Å². The third-order valence-corrected chi connectivity index (χ3v) is 1.64. The van der Waals surface area contributed by atoms with Crippen molar-refractivity contribution < 1.29 is 30.0 Å². The van der Waals surface area contributed by atoms with Gasteiger partial charge in [0, 0.05) is 0 Å². The van der Waals surface area contributed by atoms with E-state index in [0.717, 1.165) is 0 Å². The van der Waals surface area contributed by atoms with E-state index in [-0.39, 0.29) is 6.61 Å². The lowest BCUT2D eigenvalue weighted by Crippen LogP contribution is -2.39. The van der Waals surface area contributed by atoms with Crippen LogP contribution in [0.25, 0.3) is 0 Å². The quantitative estimate of drug-likeness (QED) is 0.375. The van der Waals surface area contributed by atoms with Gasteiger partial charge in [0.2, 0.25) is 0 Å². The number of aliphatic hydroxyl groups excluding tert-OH is 3. The van der Waals surface area contributed by atoms with E-state index in [1.807, 2.05) is 0 Å². The van der Waals surface area contributed by atoms with Crippen LogP contribution in [0.1, 0.15) is 0 Å². The van der Waals surface area contributed by atoms with Gasteiger partial charge in [0.25, 0.3) is 0 Å². The van der Waals surface area contributed by atoms with Gasteiger partial charge >= 0.3 is 5.97 Å². The van der Waals surface area contributed by atoms with E-state index in [1.54, 1.807) is 0 Å². The number of hydrogen-bond donors (Lipinski definition) is 4. The molecule has 6 nitrogen and oxygen atoms in total. The summed E-state index contributed by atoms with van der Waals surface area (Å²) in [5.41, 5.74) is -1.16. The summed E-state index contributed by atoms with van der Waals surface area (Å²) in [5.74, 6) is -1.14. The predicted molar refractivity (Wildman–Crippen MR) is 42.1 cm³/mol. The molecule has 0 saturated heterocycles. The summed E-state index contributed by atoms with van der Waals surface area (Å²) in [6.07, 6.45) is 0. The number of aliphatic carboxylic acids is 1. The predicted octanol–water partition coefficient (Wildman–Crippen LogP) is -1.95. The van der Waals surface area contributed by atoms with E-state index in [0.29, 0.717) is 0 Å². The van der Waals surface area contributed by atoms with Crippen LogP contribution in [-0.2, 0) is 9.53 Å². The lowest BCUT2D eigenvalue weighted by molar-refractivity contribution is -0.145. The third kappa shape index (κ3) is 4.18. The Morgan fingerprint density at radius 2 is 1.62 bits per heavy atom. The molecule has 0 aliphatic carbocycles. The van der Waals surface area contributed by atoms with Crippen LogP contribution < -0.4 is 0 Å². The molecule has 0 saturated carbocycles. The summed E-state index contributed by atoms with van der Waals surface area (Å²) in [4.78, 5) is 10.0. The summed E-state index contributed by atoms with van der Waals surface area (Å²) in [6, 6.07) is 0. The molecule has 0 heterocycles. The number of carboxylic acids is 1. The highest BCUT2D eigenvalue weighted by Gasteiger charge is 2.28. The van der Waals surface area contributed by atoms with Crippen molar-refractivity contribution in [3.05, 3.63) is 0 Å². The van der Waals surface area contributed by atoms with Crippen molar-refractivity contribution in [2.24, 2.45) is 5.41 Å². The highest BCUT2D eigenvalue weighted by molar-refractivity contribution is 5.67. The van der Waals surface area contributed by atoms with Crippen LogP contribution in [0.2, 0.25) is 0 Å². The maximum Gasteiger partial charge on any atom is 0.329 e. The Morgan fingerprint density at radius 1 is 1.15 bits per heavy atom. The summed E-state index contributed by atoms with van der Waals surface area (Å²) >= 11 is 0. The molecule has 4 N–H and O–H groups in total. The SMILES string of the molecule is O=C(O)COCC(CO)(CO)CO. The second kappa shape index (κ2) is 5.87. The molecular weight excluding hydrogens is 180 g/mol. The second-order valence-electron chi connectivity index (χ2n) is 2.86. The fraction of sp³-hybridized carbons (Fsp3) is 0.857. The first-order valence-corrected chi connectivity index (χ1v) is 3.72. The first-order valence-electron chi connectivity index (χ1n) is 3.72. The van der Waals surface area contributed by atoms with E-state index in [1.165, 1.54) is 0 Å². The van der Waals surface area contributed by atoms with Gasteiger partial charge in [-0.25, -0.2) is 4.79 Å². The van der Waals surface area contributed by atoms with Crippen LogP contribution in [0, 0.1) is 5.41 Å². The van der Waals surface area contributed by atoms with Crippen molar-refractivity contribution in [3.63, 3.8) is 0 Å². The minimum absolute atomic E-state index is 0.192. The fourth-order valence-corrected chi connectivity index (χ4v) is 0.642. The van der Waals surface area contributed by atoms with Gasteiger partial charge in [0.05, 0.1) is 31.8 Å². The normalized spacial score (nSPS) is 11.6. The number of hydrogen-bond acceptors (Lipinski definition) is 5. The molecule has 0 aromatic rings. The summed E-state index contributed by atoms with van der Waals surface area (Å²) in [5, 5.41) is 34.6. The van der Waals surface area contributed by atoms with Crippen LogP contribution in [0.15, 0.2) is 0 Å². The van der Waals surface area contributed by atoms with Gasteiger partial charge in [-0.2, -0.15) is 0 Å². The average Bonchev–Trinajstić information content (AvgIpc) is 2.13. The van der Waals surface area contributed by atoms with Gasteiger partial charge in [-0.3, -0.25) is 0 Å². The Labute approximate surface area is 75.4 Å². The molecule has 0 spiro atoms. The van der Waals surface area contributed by atoms with Crippen LogP contribution in [0.3, 0.4) is 0 Å². The molecule has 0 atom stereocenters. The van der Waals surface area contributed by atoms with E-state index in [4.69, 9.17) is 20.4 Å². The van der Waals surface area contributed by atoms with Crippen LogP contribution in [0.4, 0.5) is 0 Å². The number of rotatable bonds is 7. The molecule has 6 heteroatoms. The van der Waals surface area contributed by atoms with E-state index >= 15 is 0 Å². The molecule has 0 aliphatic heterocycles. The lowest BCUT2D eigenvalue weighted by Gasteiger charge is -2.26. The van der Waals surface area contributed by atoms with Crippen molar-refractivity contribution in [2.45, 2.75) is 0 Å². The summed E-state index contributed by atoms with van der Waals surface area (Å²) < 4.78 is 4.65. The number of carbonyl (C=O) groups is 1. The number of carboxylic acid groups (broad SMARTS) is 1. The van der Waals surface area contributed by atoms with E-state index < -0.39 is 37.8 Å². The van der Waals surface area contributed by atoms with Gasteiger partial charge in [-0.15, -0.1) is 0 Å². The Kier molecular flexibility index (Phi) is 5.56. The van der Waals surface area contributed by atoms with Crippen molar-refractivity contribution >= 4 is 5.97 Å². The topological polar surface area (TPSA) is 107 Å². The first-order chi connectivity index (χ1) is 6.10. The molecule has 0 rings (SSSR count). The minimum atomic E-state index is -1.16. The zero-order valence-electron chi connectivity index (χ0n) is 7.14. The first kappa shape index (κ1) is 12.3. The van der Waals surface area contributed by atoms with Crippen molar-refractivity contribution in [3.8, 4) is 0 Å². The minimum Gasteiger partial charge on any atom is -0.480 e. The molecule has 0 fully saturated rings. The van der Waals surface area contributed by atoms with Gasteiger partial charge in [0.15, 0.2) is 0 Å². The maximum absolute atomic E-state index is 10.0. The Balaban J connectivity index is 3.88. The molecule has 0 aliphatic rings. The fourth-order valence-electron chi connectivity index (χ4n) is 0.642. The van der Waals surface area contributed by atoms with E-state index in [9.17, 15) is 4.79 Å². The lowest BCUT2D eigenvalue weighted by atomic mass is 9.93. The average molecular weight is 194 g/mol. The molecule has 78 valence electrons. The zero-order chi connectivity index (χ0) is 10.3. The van der Waals surface area contributed by atoms with Crippen molar-refractivity contribution in [1.82, 2.24) is 0 Å². The molecule has 0 unspecified atom stereocenters. The smallest absolute Gasteiger partial charge is 0.329 e. The van der Waals surface area contributed by atoms with Crippen molar-refractivity contribution in [1.29, 1.82) is 0 Å². The molecule has 13 heavy (non-hydrogen) atoms. The molecule has 0 aromatic carbocycles. The molecule has 0 radical (unpaired) electrons. The van der Waals surface area contributed by atoms with Crippen molar-refractivity contribution in [2.75, 3.05) is 33.0 Å². The number of ether oxygens (including phenoxy) is 1. The number of aliphatic hydroxyl groups is 3. The molecule has 0 bridgehead atoms. The molecule has 0 aromatic heterocycles. The molecular formula is C7H14O6. The highest BCUT2D eigenvalue weighted by atomic mass is 16.5. The van der Waals surface area contributed by atoms with Gasteiger partial charge in [-0.1, -0.05) is 0 Å². The van der Waals surface area contributed by atoms with Crippen LogP contribution >= 0.6 is 0 Å². The molecule has 0 amide bonds.